The lowest BCUT2D eigenvalue weighted by Crippen LogP contribution is -2.10. The molecule has 1 aliphatic heterocycles. The van der Waals surface area contributed by atoms with Crippen molar-refractivity contribution in [1.82, 2.24) is 5.73 Å². The smallest absolute Gasteiger partial charge is 0.0714 e. The van der Waals surface area contributed by atoms with Crippen molar-refractivity contribution in [1.29, 1.82) is 0 Å². The van der Waals surface area contributed by atoms with Gasteiger partial charge in [-0.15, -0.1) is 0 Å². The summed E-state index contributed by atoms with van der Waals surface area (Å²) in [5, 5.41) is 0. The molecule has 1 radical (unpaired) electrons. The van der Waals surface area contributed by atoms with Gasteiger partial charge in [0.15, 0.2) is 0 Å². The molecular formula is C5H10NO. The van der Waals surface area contributed by atoms with Crippen LogP contribution in [0.1, 0.15) is 12.8 Å². The second-order valence-corrected chi connectivity index (χ2v) is 1.84. The standard InChI is InChI=1S/C5H10NO/c6-4-5-2-1-3-7-5/h5-6H,1-4H2/t5-/m0/s1. The third-order valence-electron chi connectivity index (χ3n) is 1.25. The maximum absolute atomic E-state index is 6.87. The van der Waals surface area contributed by atoms with Crippen LogP contribution in [-0.4, -0.2) is 19.3 Å². The highest BCUT2D eigenvalue weighted by Crippen LogP contribution is 2.09. The van der Waals surface area contributed by atoms with Gasteiger partial charge in [-0.3, -0.25) is 5.73 Å². The molecule has 41 valence electrons. The Morgan fingerprint density at radius 3 is 2.86 bits per heavy atom. The van der Waals surface area contributed by atoms with E-state index in [0.717, 1.165) is 19.4 Å². The van der Waals surface area contributed by atoms with Gasteiger partial charge in [-0.2, -0.15) is 0 Å². The zero-order valence-corrected chi connectivity index (χ0v) is 4.31. The molecular weight excluding hydrogens is 90.1 g/mol. The van der Waals surface area contributed by atoms with Crippen molar-refractivity contribution in [2.24, 2.45) is 0 Å². The maximum atomic E-state index is 6.87. The first-order valence-corrected chi connectivity index (χ1v) is 2.69. The Morgan fingerprint density at radius 2 is 2.57 bits per heavy atom. The molecule has 0 bridgehead atoms. The minimum atomic E-state index is 0.264. The first-order valence-electron chi connectivity index (χ1n) is 2.69. The molecule has 1 saturated heterocycles. The number of hydrogen-bond donors (Lipinski definition) is 0. The lowest BCUT2D eigenvalue weighted by atomic mass is 10.2. The van der Waals surface area contributed by atoms with E-state index in [0.29, 0.717) is 6.54 Å². The van der Waals surface area contributed by atoms with Crippen LogP contribution in [0.3, 0.4) is 0 Å². The number of ether oxygens (including phenoxy) is 1. The largest absolute Gasteiger partial charge is 0.377 e. The lowest BCUT2D eigenvalue weighted by Gasteiger charge is -2.00. The summed E-state index contributed by atoms with van der Waals surface area (Å²) in [6.07, 6.45) is 2.52. The van der Waals surface area contributed by atoms with Gasteiger partial charge in [0.05, 0.1) is 6.10 Å². The van der Waals surface area contributed by atoms with Crippen molar-refractivity contribution >= 4 is 0 Å². The molecule has 0 unspecified atom stereocenters. The van der Waals surface area contributed by atoms with E-state index in [1.165, 1.54) is 0 Å². The Bertz CT molecular complexity index is 50.0. The summed E-state index contributed by atoms with van der Waals surface area (Å²) in [5.41, 5.74) is 6.87. The second kappa shape index (κ2) is 2.28. The van der Waals surface area contributed by atoms with Gasteiger partial charge in [-0.1, -0.05) is 0 Å². The fraction of sp³-hybridized carbons (Fsp3) is 1.00. The number of nitrogens with one attached hydrogen (secondary N) is 1. The topological polar surface area (TPSA) is 33.0 Å². The first kappa shape index (κ1) is 5.06. The molecule has 2 heteroatoms. The van der Waals surface area contributed by atoms with E-state index in [1.807, 2.05) is 0 Å². The minimum Gasteiger partial charge on any atom is -0.377 e. The molecule has 1 aliphatic rings. The minimum absolute atomic E-state index is 0.264. The van der Waals surface area contributed by atoms with Crippen LogP contribution in [0.4, 0.5) is 0 Å². The summed E-state index contributed by atoms with van der Waals surface area (Å²) in [4.78, 5) is 0. The van der Waals surface area contributed by atoms with Crippen molar-refractivity contribution in [3.63, 3.8) is 0 Å². The molecule has 1 heterocycles. The molecule has 2 nitrogen and oxygen atoms in total. The third-order valence-corrected chi connectivity index (χ3v) is 1.25. The Morgan fingerprint density at radius 1 is 1.71 bits per heavy atom. The van der Waals surface area contributed by atoms with Gasteiger partial charge in [0.2, 0.25) is 0 Å². The Labute approximate surface area is 43.6 Å². The molecule has 0 amide bonds. The van der Waals surface area contributed by atoms with E-state index >= 15 is 0 Å². The number of rotatable bonds is 1. The summed E-state index contributed by atoms with van der Waals surface area (Å²) in [5.74, 6) is 0. The summed E-state index contributed by atoms with van der Waals surface area (Å²) < 4.78 is 5.11. The average molecular weight is 100 g/mol. The van der Waals surface area contributed by atoms with Gasteiger partial charge in [0.25, 0.3) is 0 Å². The molecule has 1 fully saturated rings. The van der Waals surface area contributed by atoms with Crippen molar-refractivity contribution < 1.29 is 4.74 Å². The van der Waals surface area contributed by atoms with Crippen molar-refractivity contribution in [3.05, 3.63) is 0 Å². The van der Waals surface area contributed by atoms with Crippen LogP contribution in [0.2, 0.25) is 0 Å². The third kappa shape index (κ3) is 1.14. The van der Waals surface area contributed by atoms with Crippen LogP contribution in [0.25, 0.3) is 0 Å². The second-order valence-electron chi connectivity index (χ2n) is 1.84. The van der Waals surface area contributed by atoms with E-state index < -0.39 is 0 Å². The monoisotopic (exact) mass is 100 g/mol. The Kier molecular flexibility index (Phi) is 1.65. The molecule has 0 aromatic carbocycles. The van der Waals surface area contributed by atoms with Crippen LogP contribution >= 0.6 is 0 Å². The SMILES string of the molecule is [NH]C[C@@H]1CCCO1. The van der Waals surface area contributed by atoms with Gasteiger partial charge in [-0.05, 0) is 12.8 Å². The Balaban J connectivity index is 2.14. The van der Waals surface area contributed by atoms with E-state index in [-0.39, 0.29) is 6.10 Å². The van der Waals surface area contributed by atoms with E-state index in [4.69, 9.17) is 10.5 Å². The molecule has 1 N–H and O–H groups in total. The van der Waals surface area contributed by atoms with E-state index in [2.05, 4.69) is 0 Å². The average Bonchev–Trinajstić information content (AvgIpc) is 2.14. The molecule has 0 aliphatic carbocycles. The van der Waals surface area contributed by atoms with Gasteiger partial charge in [-0.25, -0.2) is 0 Å². The predicted molar refractivity (Wildman–Crippen MR) is 26.9 cm³/mol. The summed E-state index contributed by atoms with van der Waals surface area (Å²) in [6, 6.07) is 0. The highest BCUT2D eigenvalue weighted by Gasteiger charge is 2.12. The fourth-order valence-corrected chi connectivity index (χ4v) is 0.805. The summed E-state index contributed by atoms with van der Waals surface area (Å²) in [6.45, 7) is 1.32. The summed E-state index contributed by atoms with van der Waals surface area (Å²) >= 11 is 0. The Hall–Kier alpha value is -0.0800. The number of hydrogen-bond acceptors (Lipinski definition) is 1. The van der Waals surface area contributed by atoms with E-state index in [1.54, 1.807) is 0 Å². The summed E-state index contributed by atoms with van der Waals surface area (Å²) in [7, 11) is 0. The van der Waals surface area contributed by atoms with Gasteiger partial charge in [0.1, 0.15) is 0 Å². The zero-order chi connectivity index (χ0) is 5.11. The van der Waals surface area contributed by atoms with Crippen LogP contribution in [0.15, 0.2) is 0 Å². The normalized spacial score (nSPS) is 31.3. The van der Waals surface area contributed by atoms with Crippen LogP contribution < -0.4 is 5.73 Å². The molecule has 1 rings (SSSR count). The molecule has 0 aromatic heterocycles. The molecule has 1 atom stereocenters. The van der Waals surface area contributed by atoms with Crippen molar-refractivity contribution in [3.8, 4) is 0 Å². The van der Waals surface area contributed by atoms with Gasteiger partial charge < -0.3 is 4.74 Å². The van der Waals surface area contributed by atoms with E-state index in [9.17, 15) is 0 Å². The van der Waals surface area contributed by atoms with Crippen LogP contribution in [0.5, 0.6) is 0 Å². The first-order chi connectivity index (χ1) is 3.43. The van der Waals surface area contributed by atoms with Crippen molar-refractivity contribution in [2.45, 2.75) is 18.9 Å². The highest BCUT2D eigenvalue weighted by atomic mass is 16.5. The predicted octanol–water partition coefficient (Wildman–Crippen LogP) is 0.448. The molecule has 0 saturated carbocycles. The molecule has 0 spiro atoms. The maximum Gasteiger partial charge on any atom is 0.0714 e. The fourth-order valence-electron chi connectivity index (χ4n) is 0.805. The zero-order valence-electron chi connectivity index (χ0n) is 4.31. The van der Waals surface area contributed by atoms with Crippen LogP contribution in [-0.2, 0) is 4.74 Å². The lowest BCUT2D eigenvalue weighted by molar-refractivity contribution is 0.116. The van der Waals surface area contributed by atoms with Crippen LogP contribution in [0, 0.1) is 0 Å². The van der Waals surface area contributed by atoms with Crippen molar-refractivity contribution in [2.75, 3.05) is 13.2 Å². The van der Waals surface area contributed by atoms with Gasteiger partial charge in [0, 0.05) is 13.2 Å². The van der Waals surface area contributed by atoms with Gasteiger partial charge >= 0.3 is 0 Å². The molecule has 0 aromatic rings. The quantitative estimate of drug-likeness (QED) is 0.471. The molecule has 7 heavy (non-hydrogen) atoms. The highest BCUT2D eigenvalue weighted by molar-refractivity contribution is 4.63.